The highest BCUT2D eigenvalue weighted by Gasteiger charge is 2.34. The zero-order chi connectivity index (χ0) is 16.4. The monoisotopic (exact) mass is 312 g/mol. The third-order valence-electron chi connectivity index (χ3n) is 3.67. The number of carbonyl (C=O) groups is 2. The summed E-state index contributed by atoms with van der Waals surface area (Å²) in [6.07, 6.45) is 0.232. The number of hydrogen-bond donors (Lipinski definition) is 3. The average molecular weight is 312 g/mol. The van der Waals surface area contributed by atoms with Crippen LogP contribution in [0.2, 0.25) is 0 Å². The van der Waals surface area contributed by atoms with Crippen molar-refractivity contribution < 1.29 is 24.5 Å². The summed E-state index contributed by atoms with van der Waals surface area (Å²) in [5.74, 6) is -3.12. The number of hydrogen-bond acceptors (Lipinski definition) is 5. The van der Waals surface area contributed by atoms with E-state index in [1.54, 1.807) is 6.92 Å². The van der Waals surface area contributed by atoms with Crippen molar-refractivity contribution >= 4 is 11.9 Å². The van der Waals surface area contributed by atoms with E-state index in [-0.39, 0.29) is 6.04 Å². The summed E-state index contributed by atoms with van der Waals surface area (Å²) in [5, 5.41) is 17.6. The van der Waals surface area contributed by atoms with Gasteiger partial charge in [0.2, 0.25) is 0 Å². The fourth-order valence-corrected chi connectivity index (χ4v) is 2.57. The maximum atomic E-state index is 11.8. The number of ether oxygens (including phenoxy) is 1. The first-order chi connectivity index (χ1) is 10.3. The van der Waals surface area contributed by atoms with Gasteiger partial charge in [-0.05, 0) is 26.2 Å². The van der Waals surface area contributed by atoms with Crippen LogP contribution in [-0.2, 0) is 14.3 Å². The zero-order valence-electron chi connectivity index (χ0n) is 11.8. The highest BCUT2D eigenvalue weighted by atomic mass is 16.5. The van der Waals surface area contributed by atoms with Crippen LogP contribution in [0.5, 0.6) is 0 Å². The third kappa shape index (κ3) is 3.25. The molecule has 1 heterocycles. The van der Waals surface area contributed by atoms with Crippen molar-refractivity contribution in [2.75, 3.05) is 0 Å². The van der Waals surface area contributed by atoms with E-state index in [0.717, 1.165) is 0 Å². The second kappa shape index (κ2) is 6.14. The number of carboxylic acids is 2. The quantitative estimate of drug-likeness (QED) is 0.622. The largest absolute Gasteiger partial charge is 0.479 e. The lowest BCUT2D eigenvalue weighted by Crippen LogP contribution is -2.36. The predicted octanol–water partition coefficient (Wildman–Crippen LogP) is -0.507. The van der Waals surface area contributed by atoms with E-state index in [9.17, 15) is 19.2 Å². The third-order valence-corrected chi connectivity index (χ3v) is 3.67. The molecule has 120 valence electrons. The standard InChI is InChI=1S/C13H16N2O7/c1-6-5-15(13(21)14-10(6)16)7-2-3-8(4-7)22-9(11(17)18)12(19)20/h5,7-9H,2-4H2,1H3,(H,17,18)(H,19,20)(H,14,16,21). The van der Waals surface area contributed by atoms with Gasteiger partial charge in [0.05, 0.1) is 6.10 Å². The Morgan fingerprint density at radius 1 is 1.32 bits per heavy atom. The van der Waals surface area contributed by atoms with Gasteiger partial charge in [0.25, 0.3) is 11.7 Å². The molecule has 2 unspecified atom stereocenters. The maximum absolute atomic E-state index is 11.8. The second-order valence-corrected chi connectivity index (χ2v) is 5.26. The molecule has 1 aliphatic rings. The van der Waals surface area contributed by atoms with E-state index in [0.29, 0.717) is 24.8 Å². The molecule has 1 saturated carbocycles. The van der Waals surface area contributed by atoms with Gasteiger partial charge in [0.15, 0.2) is 0 Å². The highest BCUT2D eigenvalue weighted by molar-refractivity contribution is 5.96. The van der Waals surface area contributed by atoms with Crippen molar-refractivity contribution in [1.82, 2.24) is 9.55 Å². The number of rotatable bonds is 5. The summed E-state index contributed by atoms with van der Waals surface area (Å²) in [7, 11) is 0. The molecular formula is C13H16N2O7. The van der Waals surface area contributed by atoms with Gasteiger partial charge in [0, 0.05) is 17.8 Å². The molecular weight excluding hydrogens is 296 g/mol. The van der Waals surface area contributed by atoms with Crippen LogP contribution >= 0.6 is 0 Å². The Morgan fingerprint density at radius 2 is 1.95 bits per heavy atom. The van der Waals surface area contributed by atoms with Gasteiger partial charge in [0.1, 0.15) is 0 Å². The van der Waals surface area contributed by atoms with Gasteiger partial charge in [-0.3, -0.25) is 14.3 Å². The van der Waals surface area contributed by atoms with Crippen LogP contribution in [0.3, 0.4) is 0 Å². The number of nitrogens with zero attached hydrogens (tertiary/aromatic N) is 1. The molecule has 1 aromatic heterocycles. The topological polar surface area (TPSA) is 139 Å². The molecule has 1 aromatic rings. The molecule has 0 amide bonds. The number of aryl methyl sites for hydroxylation is 1. The Bertz CT molecular complexity index is 691. The van der Waals surface area contributed by atoms with Crippen LogP contribution in [0.1, 0.15) is 30.9 Å². The molecule has 0 bridgehead atoms. The molecule has 0 saturated heterocycles. The normalized spacial score (nSPS) is 21.2. The minimum absolute atomic E-state index is 0.267. The Balaban J connectivity index is 2.12. The maximum Gasteiger partial charge on any atom is 0.344 e. The van der Waals surface area contributed by atoms with E-state index in [1.807, 2.05) is 0 Å². The Labute approximate surface area is 124 Å². The summed E-state index contributed by atoms with van der Waals surface area (Å²) < 4.78 is 6.47. The van der Waals surface area contributed by atoms with E-state index in [2.05, 4.69) is 4.98 Å². The summed E-state index contributed by atoms with van der Waals surface area (Å²) >= 11 is 0. The van der Waals surface area contributed by atoms with Crippen LogP contribution < -0.4 is 11.2 Å². The van der Waals surface area contributed by atoms with E-state index >= 15 is 0 Å². The number of H-pyrrole nitrogens is 1. The zero-order valence-corrected chi connectivity index (χ0v) is 11.8. The van der Waals surface area contributed by atoms with Crippen LogP contribution in [0, 0.1) is 6.92 Å². The lowest BCUT2D eigenvalue weighted by molar-refractivity contribution is -0.170. The fourth-order valence-electron chi connectivity index (χ4n) is 2.57. The van der Waals surface area contributed by atoms with Crippen molar-refractivity contribution in [2.45, 2.75) is 44.4 Å². The van der Waals surface area contributed by atoms with Crippen molar-refractivity contribution in [3.8, 4) is 0 Å². The van der Waals surface area contributed by atoms with Gasteiger partial charge in [-0.25, -0.2) is 14.4 Å². The molecule has 9 heteroatoms. The molecule has 0 radical (unpaired) electrons. The molecule has 1 fully saturated rings. The fraction of sp³-hybridized carbons (Fsp3) is 0.538. The van der Waals surface area contributed by atoms with Gasteiger partial charge >= 0.3 is 17.6 Å². The van der Waals surface area contributed by atoms with Gasteiger partial charge in [-0.1, -0.05) is 0 Å². The summed E-state index contributed by atoms with van der Waals surface area (Å²) in [4.78, 5) is 47.0. The number of carboxylic acid groups (broad SMARTS) is 2. The predicted molar refractivity (Wildman–Crippen MR) is 72.9 cm³/mol. The van der Waals surface area contributed by atoms with Crippen LogP contribution in [0.15, 0.2) is 15.8 Å². The lowest BCUT2D eigenvalue weighted by atomic mass is 10.2. The SMILES string of the molecule is Cc1cn(C2CCC(OC(C(=O)O)C(=O)O)C2)c(=O)[nH]c1=O. The van der Waals surface area contributed by atoms with Gasteiger partial charge < -0.3 is 14.9 Å². The molecule has 2 atom stereocenters. The molecule has 0 aliphatic heterocycles. The van der Waals surface area contributed by atoms with E-state index < -0.39 is 35.4 Å². The molecule has 1 aliphatic carbocycles. The van der Waals surface area contributed by atoms with Crippen molar-refractivity contribution in [2.24, 2.45) is 0 Å². The van der Waals surface area contributed by atoms with Crippen LogP contribution in [0.4, 0.5) is 0 Å². The lowest BCUT2D eigenvalue weighted by Gasteiger charge is -2.17. The first kappa shape index (κ1) is 16.0. The summed E-state index contributed by atoms with van der Waals surface area (Å²) in [6.45, 7) is 1.57. The van der Waals surface area contributed by atoms with Gasteiger partial charge in [-0.15, -0.1) is 0 Å². The molecule has 22 heavy (non-hydrogen) atoms. The van der Waals surface area contributed by atoms with E-state index in [1.165, 1.54) is 10.8 Å². The highest BCUT2D eigenvalue weighted by Crippen LogP contribution is 2.31. The summed E-state index contributed by atoms with van der Waals surface area (Å²) in [6, 6.07) is -0.267. The van der Waals surface area contributed by atoms with Crippen LogP contribution in [0.25, 0.3) is 0 Å². The van der Waals surface area contributed by atoms with Crippen LogP contribution in [-0.4, -0.2) is 43.9 Å². The minimum atomic E-state index is -1.92. The first-order valence-corrected chi connectivity index (χ1v) is 6.72. The Kier molecular flexibility index (Phi) is 4.45. The van der Waals surface area contributed by atoms with E-state index in [4.69, 9.17) is 14.9 Å². The molecule has 2 rings (SSSR count). The molecule has 0 aromatic carbocycles. The van der Waals surface area contributed by atoms with Gasteiger partial charge in [-0.2, -0.15) is 0 Å². The first-order valence-electron chi connectivity index (χ1n) is 6.72. The number of nitrogens with one attached hydrogen (secondary N) is 1. The number of aromatic nitrogens is 2. The number of aliphatic carboxylic acids is 2. The second-order valence-electron chi connectivity index (χ2n) is 5.26. The number of aromatic amines is 1. The molecule has 0 spiro atoms. The molecule has 3 N–H and O–H groups in total. The van der Waals surface area contributed by atoms with Crippen molar-refractivity contribution in [3.63, 3.8) is 0 Å². The molecule has 9 nitrogen and oxygen atoms in total. The average Bonchev–Trinajstić information content (AvgIpc) is 2.88. The van der Waals surface area contributed by atoms with Crippen molar-refractivity contribution in [1.29, 1.82) is 0 Å². The van der Waals surface area contributed by atoms with Crippen molar-refractivity contribution in [3.05, 3.63) is 32.6 Å². The summed E-state index contributed by atoms with van der Waals surface area (Å²) in [5.41, 5.74) is -0.615. The smallest absolute Gasteiger partial charge is 0.344 e. The minimum Gasteiger partial charge on any atom is -0.479 e. The Morgan fingerprint density at radius 3 is 2.55 bits per heavy atom. The Hall–Kier alpha value is -2.42.